The monoisotopic (exact) mass is 192 g/mol. The van der Waals surface area contributed by atoms with Gasteiger partial charge in [0.15, 0.2) is 0 Å². The Kier molecular flexibility index (Phi) is 2.70. The summed E-state index contributed by atoms with van der Waals surface area (Å²) in [5.41, 5.74) is 4.65. The minimum atomic E-state index is 0.384. The highest BCUT2D eigenvalue weighted by Gasteiger charge is 2.20. The van der Waals surface area contributed by atoms with Crippen molar-refractivity contribution in [3.8, 4) is 5.75 Å². The van der Waals surface area contributed by atoms with Gasteiger partial charge in [-0.2, -0.15) is 0 Å². The van der Waals surface area contributed by atoms with Crippen molar-refractivity contribution < 1.29 is 4.74 Å². The van der Waals surface area contributed by atoms with Gasteiger partial charge in [-0.05, 0) is 6.07 Å². The van der Waals surface area contributed by atoms with Gasteiger partial charge in [0.2, 0.25) is 0 Å². The van der Waals surface area contributed by atoms with E-state index < -0.39 is 0 Å². The number of para-hydroxylation sites is 1. The van der Waals surface area contributed by atoms with Crippen molar-refractivity contribution in [2.24, 2.45) is 0 Å². The molecule has 3 heteroatoms. The molecule has 0 aliphatic carbocycles. The van der Waals surface area contributed by atoms with E-state index in [9.17, 15) is 0 Å². The molecule has 1 heterocycles. The summed E-state index contributed by atoms with van der Waals surface area (Å²) in [4.78, 5) is 0. The Labute approximate surface area is 84.6 Å². The van der Waals surface area contributed by atoms with Crippen LogP contribution in [0.4, 0.5) is 0 Å². The van der Waals surface area contributed by atoms with E-state index in [1.165, 1.54) is 5.56 Å². The van der Waals surface area contributed by atoms with Crippen molar-refractivity contribution in [2.75, 3.05) is 20.7 Å². The van der Waals surface area contributed by atoms with Gasteiger partial charge >= 0.3 is 0 Å². The number of hydrogen-bond donors (Lipinski definition) is 1. The van der Waals surface area contributed by atoms with Gasteiger partial charge in [-0.3, -0.25) is 5.01 Å². The van der Waals surface area contributed by atoms with Gasteiger partial charge in [-0.25, -0.2) is 5.43 Å². The van der Waals surface area contributed by atoms with E-state index in [1.54, 1.807) is 0 Å². The zero-order valence-electron chi connectivity index (χ0n) is 8.66. The van der Waals surface area contributed by atoms with Crippen molar-refractivity contribution in [3.63, 3.8) is 0 Å². The SMILES string of the molecule is CN(C)NC1CCOc2ccccc21. The van der Waals surface area contributed by atoms with Gasteiger partial charge in [0.1, 0.15) is 5.75 Å². The minimum Gasteiger partial charge on any atom is -0.493 e. The normalized spacial score (nSPS) is 20.4. The molecule has 1 aromatic carbocycles. The molecule has 0 fully saturated rings. The smallest absolute Gasteiger partial charge is 0.124 e. The van der Waals surface area contributed by atoms with Crippen LogP contribution in [0.1, 0.15) is 18.0 Å². The number of nitrogens with one attached hydrogen (secondary N) is 1. The van der Waals surface area contributed by atoms with Crippen LogP contribution >= 0.6 is 0 Å². The number of rotatable bonds is 2. The van der Waals surface area contributed by atoms with E-state index in [4.69, 9.17) is 4.74 Å². The summed E-state index contributed by atoms with van der Waals surface area (Å²) in [7, 11) is 4.02. The molecule has 1 atom stereocenters. The Morgan fingerprint density at radius 3 is 2.93 bits per heavy atom. The zero-order valence-corrected chi connectivity index (χ0v) is 8.66. The second-order valence-corrected chi connectivity index (χ2v) is 3.75. The lowest BCUT2D eigenvalue weighted by atomic mass is 10.0. The van der Waals surface area contributed by atoms with E-state index in [1.807, 2.05) is 31.2 Å². The molecule has 1 aliphatic rings. The van der Waals surface area contributed by atoms with Crippen molar-refractivity contribution in [1.29, 1.82) is 0 Å². The summed E-state index contributed by atoms with van der Waals surface area (Å²) in [6.45, 7) is 0.794. The number of fused-ring (bicyclic) bond motifs is 1. The fraction of sp³-hybridized carbons (Fsp3) is 0.455. The second-order valence-electron chi connectivity index (χ2n) is 3.75. The average molecular weight is 192 g/mol. The Balaban J connectivity index is 2.22. The topological polar surface area (TPSA) is 24.5 Å². The standard InChI is InChI=1S/C11H16N2O/c1-13(2)12-10-7-8-14-11-6-4-3-5-9(10)11/h3-6,10,12H,7-8H2,1-2H3. The fourth-order valence-corrected chi connectivity index (χ4v) is 1.79. The van der Waals surface area contributed by atoms with E-state index in [0.29, 0.717) is 6.04 Å². The summed E-state index contributed by atoms with van der Waals surface area (Å²) in [5, 5.41) is 1.99. The zero-order chi connectivity index (χ0) is 9.97. The quantitative estimate of drug-likeness (QED) is 0.720. The Morgan fingerprint density at radius 1 is 1.36 bits per heavy atom. The van der Waals surface area contributed by atoms with Crippen LogP contribution in [0.5, 0.6) is 5.75 Å². The highest BCUT2D eigenvalue weighted by Crippen LogP contribution is 2.31. The number of nitrogens with zero attached hydrogens (tertiary/aromatic N) is 1. The van der Waals surface area contributed by atoms with E-state index in [-0.39, 0.29) is 0 Å². The van der Waals surface area contributed by atoms with Crippen LogP contribution in [-0.4, -0.2) is 25.7 Å². The van der Waals surface area contributed by atoms with Crippen LogP contribution < -0.4 is 10.2 Å². The van der Waals surface area contributed by atoms with Gasteiger partial charge in [0.05, 0.1) is 12.6 Å². The Morgan fingerprint density at radius 2 is 2.14 bits per heavy atom. The predicted molar refractivity (Wildman–Crippen MR) is 56.1 cm³/mol. The summed E-state index contributed by atoms with van der Waals surface area (Å²) in [6.07, 6.45) is 1.02. The van der Waals surface area contributed by atoms with Crippen molar-refractivity contribution in [2.45, 2.75) is 12.5 Å². The van der Waals surface area contributed by atoms with Gasteiger partial charge in [-0.15, -0.1) is 0 Å². The maximum absolute atomic E-state index is 5.58. The summed E-state index contributed by atoms with van der Waals surface area (Å²) in [6, 6.07) is 8.60. The molecule has 2 rings (SSSR count). The number of hydrogen-bond acceptors (Lipinski definition) is 3. The first kappa shape index (κ1) is 9.49. The lowest BCUT2D eigenvalue weighted by molar-refractivity contribution is 0.184. The van der Waals surface area contributed by atoms with Gasteiger partial charge in [-0.1, -0.05) is 18.2 Å². The van der Waals surface area contributed by atoms with Crippen molar-refractivity contribution in [1.82, 2.24) is 10.4 Å². The molecule has 0 bridgehead atoms. The molecule has 1 aliphatic heterocycles. The third kappa shape index (κ3) is 1.89. The molecule has 1 N–H and O–H groups in total. The molecule has 1 unspecified atom stereocenters. The summed E-state index contributed by atoms with van der Waals surface area (Å²) in [5.74, 6) is 1.01. The fourth-order valence-electron chi connectivity index (χ4n) is 1.79. The third-order valence-corrected chi connectivity index (χ3v) is 2.37. The lowest BCUT2D eigenvalue weighted by Crippen LogP contribution is -2.36. The summed E-state index contributed by atoms with van der Waals surface area (Å²) < 4.78 is 5.58. The van der Waals surface area contributed by atoms with Gasteiger partial charge < -0.3 is 4.74 Å². The molecule has 0 spiro atoms. The van der Waals surface area contributed by atoms with Crippen LogP contribution in [0.15, 0.2) is 24.3 Å². The van der Waals surface area contributed by atoms with Crippen LogP contribution in [0.25, 0.3) is 0 Å². The summed E-state index contributed by atoms with van der Waals surface area (Å²) >= 11 is 0. The first-order valence-electron chi connectivity index (χ1n) is 4.92. The number of ether oxygens (including phenoxy) is 1. The van der Waals surface area contributed by atoms with Crippen LogP contribution in [-0.2, 0) is 0 Å². The van der Waals surface area contributed by atoms with E-state index in [0.717, 1.165) is 18.8 Å². The highest BCUT2D eigenvalue weighted by atomic mass is 16.5. The molecular formula is C11H16N2O. The van der Waals surface area contributed by atoms with E-state index in [2.05, 4.69) is 17.6 Å². The van der Waals surface area contributed by atoms with Crippen molar-refractivity contribution >= 4 is 0 Å². The van der Waals surface area contributed by atoms with E-state index >= 15 is 0 Å². The number of benzene rings is 1. The first-order chi connectivity index (χ1) is 6.77. The largest absolute Gasteiger partial charge is 0.493 e. The molecule has 76 valence electrons. The maximum atomic E-state index is 5.58. The van der Waals surface area contributed by atoms with Crippen LogP contribution in [0, 0.1) is 0 Å². The molecule has 0 aromatic heterocycles. The number of hydrazine groups is 1. The van der Waals surface area contributed by atoms with Gasteiger partial charge in [0, 0.05) is 26.1 Å². The molecule has 0 amide bonds. The maximum Gasteiger partial charge on any atom is 0.124 e. The first-order valence-corrected chi connectivity index (χ1v) is 4.92. The molecule has 0 saturated carbocycles. The molecular weight excluding hydrogens is 176 g/mol. The molecule has 14 heavy (non-hydrogen) atoms. The second kappa shape index (κ2) is 3.98. The predicted octanol–water partition coefficient (Wildman–Crippen LogP) is 1.58. The van der Waals surface area contributed by atoms with Gasteiger partial charge in [0.25, 0.3) is 0 Å². The Hall–Kier alpha value is -1.06. The molecule has 0 radical (unpaired) electrons. The molecule has 3 nitrogen and oxygen atoms in total. The highest BCUT2D eigenvalue weighted by molar-refractivity contribution is 5.37. The van der Waals surface area contributed by atoms with Crippen LogP contribution in [0.3, 0.4) is 0 Å². The minimum absolute atomic E-state index is 0.384. The molecule has 1 aromatic rings. The Bertz CT molecular complexity index is 312. The third-order valence-electron chi connectivity index (χ3n) is 2.37. The molecule has 0 saturated heterocycles. The average Bonchev–Trinajstić information content (AvgIpc) is 2.18. The van der Waals surface area contributed by atoms with Crippen LogP contribution in [0.2, 0.25) is 0 Å². The lowest BCUT2D eigenvalue weighted by Gasteiger charge is -2.29. The van der Waals surface area contributed by atoms with Crippen molar-refractivity contribution in [3.05, 3.63) is 29.8 Å².